The maximum Gasteiger partial charge on any atom is 0.416 e. The number of amides is 2. The van der Waals surface area contributed by atoms with E-state index in [0.29, 0.717) is 33.2 Å². The first-order chi connectivity index (χ1) is 19.6. The summed E-state index contributed by atoms with van der Waals surface area (Å²) in [6.07, 6.45) is -4.49. The summed E-state index contributed by atoms with van der Waals surface area (Å²) in [5.41, 5.74) is 1.73. The van der Waals surface area contributed by atoms with Gasteiger partial charge in [0.1, 0.15) is 12.4 Å². The number of halogens is 5. The lowest BCUT2D eigenvalue weighted by atomic mass is 10.1. The van der Waals surface area contributed by atoms with Crippen molar-refractivity contribution in [3.8, 4) is 23.1 Å². The third kappa shape index (κ3) is 7.00. The van der Waals surface area contributed by atoms with Gasteiger partial charge in [-0.25, -0.2) is 13.9 Å². The van der Waals surface area contributed by atoms with Crippen molar-refractivity contribution in [2.24, 2.45) is 0 Å². The number of alkyl halides is 3. The molecule has 0 radical (unpaired) electrons. The number of nitrogens with zero attached hydrogens (tertiary/aromatic N) is 3. The molecule has 0 aliphatic heterocycles. The number of ether oxygens (including phenoxy) is 1. The van der Waals surface area contributed by atoms with E-state index in [1.165, 1.54) is 28.9 Å². The summed E-state index contributed by atoms with van der Waals surface area (Å²) in [6, 6.07) is 22.9. The molecule has 7 nitrogen and oxygen atoms in total. The van der Waals surface area contributed by atoms with Crippen LogP contribution in [-0.4, -0.2) is 20.8 Å². The Hall–Kier alpha value is -4.90. The highest BCUT2D eigenvalue weighted by molar-refractivity contribution is 6.30. The van der Waals surface area contributed by atoms with Crippen molar-refractivity contribution >= 4 is 29.0 Å². The molecule has 0 fully saturated rings. The maximum atomic E-state index is 13.2. The SMILES string of the molecule is O=C(Nc1ccc(-n2nc(OCc3ccc(F)cc3)nc2-c2ccc(C(F)(F)F)cc2)cc1)Nc1cccc(Cl)c1. The van der Waals surface area contributed by atoms with E-state index in [2.05, 4.69) is 20.7 Å². The molecule has 0 aliphatic carbocycles. The van der Waals surface area contributed by atoms with Gasteiger partial charge < -0.3 is 15.4 Å². The number of rotatable bonds is 7. The first kappa shape index (κ1) is 27.7. The number of carbonyl (C=O) groups is 1. The number of anilines is 2. The Balaban J connectivity index is 1.38. The van der Waals surface area contributed by atoms with E-state index in [9.17, 15) is 22.4 Å². The molecule has 0 unspecified atom stereocenters. The third-order valence-corrected chi connectivity index (χ3v) is 6.03. The van der Waals surface area contributed by atoms with Crippen LogP contribution in [0.25, 0.3) is 17.1 Å². The lowest BCUT2D eigenvalue weighted by Crippen LogP contribution is -2.19. The van der Waals surface area contributed by atoms with Gasteiger partial charge in [-0.05, 0) is 72.3 Å². The van der Waals surface area contributed by atoms with Crippen LogP contribution in [0.2, 0.25) is 5.02 Å². The van der Waals surface area contributed by atoms with Crippen LogP contribution in [0, 0.1) is 5.82 Å². The second kappa shape index (κ2) is 11.7. The van der Waals surface area contributed by atoms with E-state index in [-0.39, 0.29) is 24.3 Å². The van der Waals surface area contributed by atoms with Crippen molar-refractivity contribution in [3.63, 3.8) is 0 Å². The van der Waals surface area contributed by atoms with Crippen LogP contribution >= 0.6 is 11.6 Å². The van der Waals surface area contributed by atoms with Crippen LogP contribution in [0.1, 0.15) is 11.1 Å². The van der Waals surface area contributed by atoms with Crippen LogP contribution in [0.4, 0.5) is 33.7 Å². The molecular formula is C29H20ClF4N5O2. The molecular weight excluding hydrogens is 562 g/mol. The molecule has 0 spiro atoms. The van der Waals surface area contributed by atoms with E-state index >= 15 is 0 Å². The zero-order chi connectivity index (χ0) is 29.0. The van der Waals surface area contributed by atoms with Gasteiger partial charge in [-0.3, -0.25) is 0 Å². The van der Waals surface area contributed by atoms with E-state index < -0.39 is 17.8 Å². The predicted octanol–water partition coefficient (Wildman–Crippen LogP) is 7.97. The minimum Gasteiger partial charge on any atom is -0.457 e. The molecule has 4 aromatic carbocycles. The summed E-state index contributed by atoms with van der Waals surface area (Å²) in [4.78, 5) is 16.8. The Morgan fingerprint density at radius 3 is 2.22 bits per heavy atom. The van der Waals surface area contributed by atoms with E-state index in [1.807, 2.05) is 0 Å². The molecule has 0 bridgehead atoms. The number of aromatic nitrogens is 3. The maximum absolute atomic E-state index is 13.2. The lowest BCUT2D eigenvalue weighted by molar-refractivity contribution is -0.137. The standard InChI is InChI=1S/C29H20ClF4N5O2/c30-21-2-1-3-24(16-21)36-27(40)35-23-12-14-25(15-13-23)39-26(19-6-8-20(9-7-19)29(32,33)34)37-28(38-39)41-17-18-4-10-22(31)11-5-18/h1-16H,17H2,(H2,35,36,40). The Morgan fingerprint density at radius 2 is 1.56 bits per heavy atom. The average Bonchev–Trinajstić information content (AvgIpc) is 3.37. The Morgan fingerprint density at radius 1 is 0.878 bits per heavy atom. The van der Waals surface area contributed by atoms with Crippen molar-refractivity contribution in [3.05, 3.63) is 119 Å². The molecule has 208 valence electrons. The number of benzene rings is 4. The summed E-state index contributed by atoms with van der Waals surface area (Å²) >= 11 is 5.95. The number of nitrogens with one attached hydrogen (secondary N) is 2. The highest BCUT2D eigenvalue weighted by Crippen LogP contribution is 2.32. The van der Waals surface area contributed by atoms with Crippen molar-refractivity contribution in [1.82, 2.24) is 14.8 Å². The molecule has 5 aromatic rings. The normalized spacial score (nSPS) is 11.2. The van der Waals surface area contributed by atoms with E-state index in [0.717, 1.165) is 12.1 Å². The van der Waals surface area contributed by atoms with Crippen molar-refractivity contribution in [1.29, 1.82) is 0 Å². The minimum absolute atomic E-state index is 0.0349. The first-order valence-electron chi connectivity index (χ1n) is 12.1. The fraction of sp³-hybridized carbons (Fsp3) is 0.0690. The molecule has 41 heavy (non-hydrogen) atoms. The molecule has 12 heteroatoms. The van der Waals surface area contributed by atoms with Gasteiger partial charge in [0.25, 0.3) is 0 Å². The molecule has 0 saturated carbocycles. The number of hydrogen-bond acceptors (Lipinski definition) is 4. The van der Waals surface area contributed by atoms with Gasteiger partial charge in [-0.1, -0.05) is 41.9 Å². The van der Waals surface area contributed by atoms with Crippen LogP contribution < -0.4 is 15.4 Å². The average molecular weight is 582 g/mol. The Labute approximate surface area is 236 Å². The van der Waals surface area contributed by atoms with Gasteiger partial charge in [-0.15, -0.1) is 5.10 Å². The second-order valence-corrected chi connectivity index (χ2v) is 9.19. The fourth-order valence-corrected chi connectivity index (χ4v) is 3.99. The highest BCUT2D eigenvalue weighted by Gasteiger charge is 2.30. The van der Waals surface area contributed by atoms with Gasteiger partial charge in [0.05, 0.1) is 11.3 Å². The topological polar surface area (TPSA) is 81.1 Å². The van der Waals surface area contributed by atoms with Gasteiger partial charge in [-0.2, -0.15) is 18.2 Å². The number of urea groups is 1. The molecule has 2 amide bonds. The van der Waals surface area contributed by atoms with Crippen LogP contribution in [0.5, 0.6) is 6.01 Å². The van der Waals surface area contributed by atoms with Crippen LogP contribution in [0.3, 0.4) is 0 Å². The summed E-state index contributed by atoms with van der Waals surface area (Å²) in [7, 11) is 0. The number of hydrogen-bond donors (Lipinski definition) is 2. The van der Waals surface area contributed by atoms with Crippen LogP contribution in [0.15, 0.2) is 97.1 Å². The monoisotopic (exact) mass is 581 g/mol. The molecule has 1 heterocycles. The highest BCUT2D eigenvalue weighted by atomic mass is 35.5. The zero-order valence-corrected chi connectivity index (χ0v) is 21.7. The third-order valence-electron chi connectivity index (χ3n) is 5.79. The largest absolute Gasteiger partial charge is 0.457 e. The van der Waals surface area contributed by atoms with Crippen molar-refractivity contribution < 1.29 is 27.1 Å². The Bertz CT molecular complexity index is 1660. The smallest absolute Gasteiger partial charge is 0.416 e. The Kier molecular flexibility index (Phi) is 7.88. The molecule has 0 atom stereocenters. The quantitative estimate of drug-likeness (QED) is 0.191. The van der Waals surface area contributed by atoms with Crippen molar-refractivity contribution in [2.45, 2.75) is 12.8 Å². The zero-order valence-electron chi connectivity index (χ0n) is 21.0. The summed E-state index contributed by atoms with van der Waals surface area (Å²) in [6.45, 7) is 0.0430. The predicted molar refractivity (Wildman–Crippen MR) is 147 cm³/mol. The van der Waals surface area contributed by atoms with Gasteiger partial charge in [0.15, 0.2) is 5.82 Å². The van der Waals surface area contributed by atoms with E-state index in [1.54, 1.807) is 60.7 Å². The fourth-order valence-electron chi connectivity index (χ4n) is 3.80. The van der Waals surface area contributed by atoms with Crippen molar-refractivity contribution in [2.75, 3.05) is 10.6 Å². The summed E-state index contributed by atoms with van der Waals surface area (Å²) in [5, 5.41) is 10.3. The second-order valence-electron chi connectivity index (χ2n) is 8.76. The lowest BCUT2D eigenvalue weighted by Gasteiger charge is -2.10. The molecule has 0 aliphatic rings. The van der Waals surface area contributed by atoms with Gasteiger partial charge in [0, 0.05) is 22.0 Å². The molecule has 2 N–H and O–H groups in total. The molecule has 1 aromatic heterocycles. The van der Waals surface area contributed by atoms with Gasteiger partial charge >= 0.3 is 18.2 Å². The first-order valence-corrected chi connectivity index (χ1v) is 12.5. The van der Waals surface area contributed by atoms with Crippen LogP contribution in [-0.2, 0) is 12.8 Å². The minimum atomic E-state index is -4.49. The molecule has 0 saturated heterocycles. The van der Waals surface area contributed by atoms with Gasteiger partial charge in [0.2, 0.25) is 0 Å². The number of carbonyl (C=O) groups excluding carboxylic acids is 1. The van der Waals surface area contributed by atoms with E-state index in [4.69, 9.17) is 16.3 Å². The summed E-state index contributed by atoms with van der Waals surface area (Å²) < 4.78 is 59.7. The molecule has 5 rings (SSSR count). The summed E-state index contributed by atoms with van der Waals surface area (Å²) in [5.74, 6) is -0.159.